The summed E-state index contributed by atoms with van der Waals surface area (Å²) in [5, 5.41) is 21.4. The molecule has 0 fully saturated rings. The number of rotatable bonds is 4. The largest absolute Gasteiger partial charge is 0.504 e. The third kappa shape index (κ3) is 3.98. The monoisotopic (exact) mass is 237 g/mol. The standard InChI is InChI=1S/C13H19NO3/c1-8(2)14-13(17)9(3)6-10-4-5-11(15)12(16)7-10/h4-5,7-9,15-16H,6H2,1-3H3,(H,14,17). The number of carbonyl (C=O) groups is 1. The van der Waals surface area contributed by atoms with E-state index in [2.05, 4.69) is 5.32 Å². The molecule has 3 N–H and O–H groups in total. The summed E-state index contributed by atoms with van der Waals surface area (Å²) in [6.45, 7) is 5.66. The predicted octanol–water partition coefficient (Wildman–Crippen LogP) is 1.80. The third-order valence-electron chi connectivity index (χ3n) is 2.46. The van der Waals surface area contributed by atoms with Gasteiger partial charge in [-0.25, -0.2) is 0 Å². The Morgan fingerprint density at radius 3 is 2.41 bits per heavy atom. The first-order chi connectivity index (χ1) is 7.90. The van der Waals surface area contributed by atoms with Gasteiger partial charge >= 0.3 is 0 Å². The van der Waals surface area contributed by atoms with E-state index in [1.807, 2.05) is 20.8 Å². The van der Waals surface area contributed by atoms with Gasteiger partial charge in [0, 0.05) is 12.0 Å². The Bertz CT molecular complexity index is 402. The van der Waals surface area contributed by atoms with Crippen LogP contribution in [-0.2, 0) is 11.2 Å². The molecule has 0 heterocycles. The molecule has 0 spiro atoms. The average Bonchev–Trinajstić information content (AvgIpc) is 2.22. The molecule has 1 aromatic rings. The Labute approximate surface area is 101 Å². The Kier molecular flexibility index (Phi) is 4.37. The summed E-state index contributed by atoms with van der Waals surface area (Å²) in [4.78, 5) is 11.7. The fraction of sp³-hybridized carbons (Fsp3) is 0.462. The van der Waals surface area contributed by atoms with Crippen molar-refractivity contribution in [1.82, 2.24) is 5.32 Å². The number of hydrogen-bond acceptors (Lipinski definition) is 3. The molecule has 1 amide bonds. The van der Waals surface area contributed by atoms with Crippen molar-refractivity contribution in [3.05, 3.63) is 23.8 Å². The van der Waals surface area contributed by atoms with Gasteiger partial charge in [0.2, 0.25) is 5.91 Å². The molecule has 0 bridgehead atoms. The lowest BCUT2D eigenvalue weighted by Gasteiger charge is -2.14. The molecule has 0 aromatic heterocycles. The average molecular weight is 237 g/mol. The van der Waals surface area contributed by atoms with E-state index in [-0.39, 0.29) is 29.4 Å². The van der Waals surface area contributed by atoms with Gasteiger partial charge < -0.3 is 15.5 Å². The van der Waals surface area contributed by atoms with E-state index < -0.39 is 0 Å². The van der Waals surface area contributed by atoms with E-state index in [4.69, 9.17) is 0 Å². The lowest BCUT2D eigenvalue weighted by atomic mass is 10.00. The normalized spacial score (nSPS) is 12.5. The molecular formula is C13H19NO3. The van der Waals surface area contributed by atoms with Crippen LogP contribution in [0.15, 0.2) is 18.2 Å². The van der Waals surface area contributed by atoms with Gasteiger partial charge in [0.15, 0.2) is 11.5 Å². The lowest BCUT2D eigenvalue weighted by Crippen LogP contribution is -2.35. The van der Waals surface area contributed by atoms with Gasteiger partial charge in [0.1, 0.15) is 0 Å². The lowest BCUT2D eigenvalue weighted by molar-refractivity contribution is -0.124. The van der Waals surface area contributed by atoms with E-state index >= 15 is 0 Å². The molecule has 0 saturated heterocycles. The number of amides is 1. The minimum absolute atomic E-state index is 0.00688. The number of phenols is 2. The van der Waals surface area contributed by atoms with E-state index in [9.17, 15) is 15.0 Å². The van der Waals surface area contributed by atoms with Crippen LogP contribution in [0.4, 0.5) is 0 Å². The van der Waals surface area contributed by atoms with Crippen LogP contribution in [-0.4, -0.2) is 22.2 Å². The zero-order valence-electron chi connectivity index (χ0n) is 10.4. The second-order valence-electron chi connectivity index (χ2n) is 4.59. The first-order valence-corrected chi connectivity index (χ1v) is 5.71. The fourth-order valence-electron chi connectivity index (χ4n) is 1.57. The van der Waals surface area contributed by atoms with E-state index in [0.717, 1.165) is 5.56 Å². The van der Waals surface area contributed by atoms with E-state index in [0.29, 0.717) is 6.42 Å². The minimum atomic E-state index is -0.165. The zero-order valence-corrected chi connectivity index (χ0v) is 10.4. The molecule has 1 rings (SSSR count). The van der Waals surface area contributed by atoms with Crippen molar-refractivity contribution in [2.45, 2.75) is 33.2 Å². The molecule has 0 saturated carbocycles. The van der Waals surface area contributed by atoms with Gasteiger partial charge in [0.05, 0.1) is 0 Å². The summed E-state index contributed by atoms with van der Waals surface area (Å²) < 4.78 is 0. The Morgan fingerprint density at radius 2 is 1.88 bits per heavy atom. The second kappa shape index (κ2) is 5.57. The van der Waals surface area contributed by atoms with Crippen molar-refractivity contribution in [2.75, 3.05) is 0 Å². The molecule has 0 radical (unpaired) electrons. The van der Waals surface area contributed by atoms with Crippen LogP contribution in [0.25, 0.3) is 0 Å². The number of benzene rings is 1. The highest BCUT2D eigenvalue weighted by molar-refractivity contribution is 5.78. The summed E-state index contributed by atoms with van der Waals surface area (Å²) in [6.07, 6.45) is 0.534. The van der Waals surface area contributed by atoms with Gasteiger partial charge in [-0.1, -0.05) is 13.0 Å². The maximum Gasteiger partial charge on any atom is 0.223 e. The maximum absolute atomic E-state index is 11.7. The highest BCUT2D eigenvalue weighted by Crippen LogP contribution is 2.26. The molecule has 1 unspecified atom stereocenters. The number of carbonyl (C=O) groups excluding carboxylic acids is 1. The summed E-state index contributed by atoms with van der Waals surface area (Å²) in [7, 11) is 0. The summed E-state index contributed by atoms with van der Waals surface area (Å²) in [5.74, 6) is -0.471. The van der Waals surface area contributed by atoms with Crippen LogP contribution in [0.3, 0.4) is 0 Å². The van der Waals surface area contributed by atoms with Crippen molar-refractivity contribution < 1.29 is 15.0 Å². The van der Waals surface area contributed by atoms with Crippen LogP contribution in [0.5, 0.6) is 11.5 Å². The number of hydrogen-bond donors (Lipinski definition) is 3. The van der Waals surface area contributed by atoms with Crippen LogP contribution >= 0.6 is 0 Å². The van der Waals surface area contributed by atoms with Crippen molar-refractivity contribution in [3.63, 3.8) is 0 Å². The molecular weight excluding hydrogens is 218 g/mol. The molecule has 1 atom stereocenters. The Hall–Kier alpha value is -1.71. The predicted molar refractivity (Wildman–Crippen MR) is 65.9 cm³/mol. The van der Waals surface area contributed by atoms with Crippen LogP contribution in [0.1, 0.15) is 26.3 Å². The first-order valence-electron chi connectivity index (χ1n) is 5.71. The van der Waals surface area contributed by atoms with Gasteiger partial charge in [0.25, 0.3) is 0 Å². The topological polar surface area (TPSA) is 69.6 Å². The number of aromatic hydroxyl groups is 2. The minimum Gasteiger partial charge on any atom is -0.504 e. The third-order valence-corrected chi connectivity index (χ3v) is 2.46. The van der Waals surface area contributed by atoms with Crippen LogP contribution in [0, 0.1) is 5.92 Å². The van der Waals surface area contributed by atoms with Crippen LogP contribution in [0.2, 0.25) is 0 Å². The Balaban J connectivity index is 2.64. The first kappa shape index (κ1) is 13.4. The zero-order chi connectivity index (χ0) is 13.0. The van der Waals surface area contributed by atoms with Gasteiger partial charge in [-0.05, 0) is 38.0 Å². The maximum atomic E-state index is 11.7. The quantitative estimate of drug-likeness (QED) is 0.699. The molecule has 4 nitrogen and oxygen atoms in total. The second-order valence-corrected chi connectivity index (χ2v) is 4.59. The molecule has 94 valence electrons. The molecule has 0 aliphatic rings. The highest BCUT2D eigenvalue weighted by atomic mass is 16.3. The van der Waals surface area contributed by atoms with Crippen molar-refractivity contribution in [3.8, 4) is 11.5 Å². The van der Waals surface area contributed by atoms with Gasteiger partial charge in [-0.2, -0.15) is 0 Å². The summed E-state index contributed by atoms with van der Waals surface area (Å²) >= 11 is 0. The van der Waals surface area contributed by atoms with E-state index in [1.54, 1.807) is 6.07 Å². The van der Waals surface area contributed by atoms with Crippen molar-refractivity contribution in [2.24, 2.45) is 5.92 Å². The fourth-order valence-corrected chi connectivity index (χ4v) is 1.57. The number of nitrogens with one attached hydrogen (secondary N) is 1. The smallest absolute Gasteiger partial charge is 0.223 e. The summed E-state index contributed by atoms with van der Waals surface area (Å²) in [6, 6.07) is 4.73. The van der Waals surface area contributed by atoms with Crippen LogP contribution < -0.4 is 5.32 Å². The van der Waals surface area contributed by atoms with Gasteiger partial charge in [-0.15, -0.1) is 0 Å². The summed E-state index contributed by atoms with van der Waals surface area (Å²) in [5.41, 5.74) is 0.826. The van der Waals surface area contributed by atoms with Crippen molar-refractivity contribution >= 4 is 5.91 Å². The SMILES string of the molecule is CC(C)NC(=O)C(C)Cc1ccc(O)c(O)c1. The molecule has 0 aliphatic heterocycles. The van der Waals surface area contributed by atoms with E-state index in [1.165, 1.54) is 12.1 Å². The molecule has 1 aromatic carbocycles. The Morgan fingerprint density at radius 1 is 1.24 bits per heavy atom. The molecule has 17 heavy (non-hydrogen) atoms. The molecule has 0 aliphatic carbocycles. The molecule has 4 heteroatoms. The highest BCUT2D eigenvalue weighted by Gasteiger charge is 2.14. The number of phenolic OH excluding ortho intramolecular Hbond substituents is 2. The van der Waals surface area contributed by atoms with Gasteiger partial charge in [-0.3, -0.25) is 4.79 Å². The van der Waals surface area contributed by atoms with Crippen molar-refractivity contribution in [1.29, 1.82) is 0 Å².